The molecular weight excluding hydrogens is 228 g/mol. The minimum atomic E-state index is 0.551. The molecule has 0 aliphatic rings. The zero-order chi connectivity index (χ0) is 11.3. The molecule has 0 aromatic carbocycles. The van der Waals surface area contributed by atoms with Crippen molar-refractivity contribution in [3.63, 3.8) is 0 Å². The molecule has 0 amide bonds. The van der Waals surface area contributed by atoms with Gasteiger partial charge in [-0.15, -0.1) is 22.9 Å². The van der Waals surface area contributed by atoms with Crippen molar-refractivity contribution in [1.29, 1.82) is 0 Å². The summed E-state index contributed by atoms with van der Waals surface area (Å²) in [5.41, 5.74) is 1.18. The summed E-state index contributed by atoms with van der Waals surface area (Å²) in [5.74, 6) is 0.735. The molecule has 0 fully saturated rings. The first-order chi connectivity index (χ1) is 7.13. The molecule has 0 unspecified atom stereocenters. The van der Waals surface area contributed by atoms with Gasteiger partial charge >= 0.3 is 0 Å². The number of hydrogen-bond acceptors (Lipinski definition) is 3. The highest BCUT2D eigenvalue weighted by Gasteiger charge is 2.10. The van der Waals surface area contributed by atoms with Gasteiger partial charge in [0.15, 0.2) is 0 Å². The van der Waals surface area contributed by atoms with Crippen molar-refractivity contribution in [1.82, 2.24) is 9.88 Å². The van der Waals surface area contributed by atoms with Gasteiger partial charge in [-0.3, -0.25) is 4.90 Å². The lowest BCUT2D eigenvalue weighted by Gasteiger charge is -2.25. The zero-order valence-corrected chi connectivity index (χ0v) is 11.2. The number of aromatic nitrogens is 1. The van der Waals surface area contributed by atoms with Crippen molar-refractivity contribution >= 4 is 22.9 Å². The van der Waals surface area contributed by atoms with Gasteiger partial charge in [0.25, 0.3) is 0 Å². The predicted octanol–water partition coefficient (Wildman–Crippen LogP) is 3.29. The van der Waals surface area contributed by atoms with Crippen LogP contribution in [0.3, 0.4) is 0 Å². The highest BCUT2D eigenvalue weighted by molar-refractivity contribution is 7.09. The van der Waals surface area contributed by atoms with E-state index in [4.69, 9.17) is 11.6 Å². The second kappa shape index (κ2) is 6.46. The molecule has 0 aliphatic heterocycles. The SMILES string of the molecule is Cc1nc(CN(CCCCl)C(C)C)cs1. The van der Waals surface area contributed by atoms with E-state index in [1.54, 1.807) is 11.3 Å². The molecule has 1 aromatic rings. The first kappa shape index (κ1) is 12.9. The first-order valence-corrected chi connectivity index (χ1v) is 6.76. The highest BCUT2D eigenvalue weighted by atomic mass is 35.5. The van der Waals surface area contributed by atoms with Crippen LogP contribution in [-0.4, -0.2) is 28.4 Å². The van der Waals surface area contributed by atoms with Gasteiger partial charge in [-0.1, -0.05) is 0 Å². The molecule has 1 rings (SSSR count). The fourth-order valence-electron chi connectivity index (χ4n) is 1.47. The minimum absolute atomic E-state index is 0.551. The van der Waals surface area contributed by atoms with Crippen molar-refractivity contribution in [3.05, 3.63) is 16.1 Å². The normalized spacial score (nSPS) is 11.6. The molecule has 0 bridgehead atoms. The molecule has 0 radical (unpaired) electrons. The van der Waals surface area contributed by atoms with Gasteiger partial charge in [0.05, 0.1) is 10.7 Å². The summed E-state index contributed by atoms with van der Waals surface area (Å²) >= 11 is 7.44. The third-order valence-electron chi connectivity index (χ3n) is 2.34. The zero-order valence-electron chi connectivity index (χ0n) is 9.66. The number of rotatable bonds is 6. The Morgan fingerprint density at radius 3 is 2.73 bits per heavy atom. The Bertz CT molecular complexity index is 286. The summed E-state index contributed by atoms with van der Waals surface area (Å²) in [7, 11) is 0. The monoisotopic (exact) mass is 246 g/mol. The molecule has 15 heavy (non-hydrogen) atoms. The maximum atomic E-state index is 5.72. The van der Waals surface area contributed by atoms with Crippen molar-refractivity contribution in [3.8, 4) is 0 Å². The molecule has 0 saturated carbocycles. The van der Waals surface area contributed by atoms with Crippen molar-refractivity contribution in [2.45, 2.75) is 39.8 Å². The molecule has 86 valence electrons. The van der Waals surface area contributed by atoms with Crippen molar-refractivity contribution in [2.75, 3.05) is 12.4 Å². The lowest BCUT2D eigenvalue weighted by atomic mass is 10.2. The van der Waals surface area contributed by atoms with E-state index in [-0.39, 0.29) is 0 Å². The Morgan fingerprint density at radius 2 is 2.27 bits per heavy atom. The molecule has 0 saturated heterocycles. The summed E-state index contributed by atoms with van der Waals surface area (Å²) in [6, 6.07) is 0.551. The third-order valence-corrected chi connectivity index (χ3v) is 3.43. The van der Waals surface area contributed by atoms with E-state index >= 15 is 0 Å². The number of nitrogens with zero attached hydrogens (tertiary/aromatic N) is 2. The second-order valence-corrected chi connectivity index (χ2v) is 5.40. The average Bonchev–Trinajstić information content (AvgIpc) is 2.58. The highest BCUT2D eigenvalue weighted by Crippen LogP contribution is 2.12. The quantitative estimate of drug-likeness (QED) is 0.716. The van der Waals surface area contributed by atoms with Crippen LogP contribution in [-0.2, 0) is 6.54 Å². The number of alkyl halides is 1. The van der Waals surface area contributed by atoms with Crippen LogP contribution >= 0.6 is 22.9 Å². The minimum Gasteiger partial charge on any atom is -0.295 e. The van der Waals surface area contributed by atoms with Crippen LogP contribution in [0.25, 0.3) is 0 Å². The van der Waals surface area contributed by atoms with Gasteiger partial charge in [0.1, 0.15) is 0 Å². The molecule has 1 aromatic heterocycles. The van der Waals surface area contributed by atoms with Gasteiger partial charge in [-0.25, -0.2) is 4.98 Å². The van der Waals surface area contributed by atoms with Crippen LogP contribution in [0.2, 0.25) is 0 Å². The fraction of sp³-hybridized carbons (Fsp3) is 0.727. The Labute approximate surface area is 101 Å². The van der Waals surface area contributed by atoms with Crippen LogP contribution in [0, 0.1) is 6.92 Å². The van der Waals surface area contributed by atoms with E-state index in [9.17, 15) is 0 Å². The Morgan fingerprint density at radius 1 is 1.53 bits per heavy atom. The van der Waals surface area contributed by atoms with E-state index in [0.717, 1.165) is 30.4 Å². The standard InChI is InChI=1S/C11H19ClN2S/c1-9(2)14(6-4-5-12)7-11-8-15-10(3)13-11/h8-9H,4-7H2,1-3H3. The Balaban J connectivity index is 2.50. The van der Waals surface area contributed by atoms with E-state index in [2.05, 4.69) is 29.1 Å². The molecule has 0 spiro atoms. The molecule has 2 nitrogen and oxygen atoms in total. The van der Waals surface area contributed by atoms with Gasteiger partial charge in [0, 0.05) is 23.8 Å². The molecule has 0 aliphatic carbocycles. The molecule has 0 N–H and O–H groups in total. The number of hydrogen-bond donors (Lipinski definition) is 0. The summed E-state index contributed by atoms with van der Waals surface area (Å²) in [5, 5.41) is 3.29. The van der Waals surface area contributed by atoms with E-state index in [0.29, 0.717) is 6.04 Å². The predicted molar refractivity (Wildman–Crippen MR) is 67.7 cm³/mol. The third kappa shape index (κ3) is 4.49. The van der Waals surface area contributed by atoms with E-state index in [1.165, 1.54) is 5.69 Å². The second-order valence-electron chi connectivity index (χ2n) is 3.96. The van der Waals surface area contributed by atoms with Gasteiger partial charge in [0.2, 0.25) is 0 Å². The summed E-state index contributed by atoms with van der Waals surface area (Å²) in [4.78, 5) is 6.90. The largest absolute Gasteiger partial charge is 0.295 e. The van der Waals surface area contributed by atoms with Gasteiger partial charge in [-0.2, -0.15) is 0 Å². The maximum absolute atomic E-state index is 5.72. The van der Waals surface area contributed by atoms with Crippen LogP contribution in [0.1, 0.15) is 31.0 Å². The lowest BCUT2D eigenvalue weighted by Crippen LogP contribution is -2.31. The van der Waals surface area contributed by atoms with Crippen molar-refractivity contribution in [2.24, 2.45) is 0 Å². The molecule has 4 heteroatoms. The number of aryl methyl sites for hydroxylation is 1. The van der Waals surface area contributed by atoms with Crippen LogP contribution in [0.5, 0.6) is 0 Å². The molecular formula is C11H19ClN2S. The first-order valence-electron chi connectivity index (χ1n) is 5.34. The maximum Gasteiger partial charge on any atom is 0.0897 e. The average molecular weight is 247 g/mol. The van der Waals surface area contributed by atoms with Crippen molar-refractivity contribution < 1.29 is 0 Å². The summed E-state index contributed by atoms with van der Waals surface area (Å²) < 4.78 is 0. The Kier molecular flexibility index (Phi) is 5.58. The number of halogens is 1. The smallest absolute Gasteiger partial charge is 0.0897 e. The van der Waals surface area contributed by atoms with Crippen LogP contribution in [0.4, 0.5) is 0 Å². The Hall–Kier alpha value is -0.120. The van der Waals surface area contributed by atoms with Gasteiger partial charge in [-0.05, 0) is 33.7 Å². The van der Waals surface area contributed by atoms with Crippen LogP contribution < -0.4 is 0 Å². The summed E-state index contributed by atoms with van der Waals surface area (Å²) in [6.45, 7) is 8.48. The van der Waals surface area contributed by atoms with Crippen LogP contribution in [0.15, 0.2) is 5.38 Å². The fourth-order valence-corrected chi connectivity index (χ4v) is 2.19. The molecule has 0 atom stereocenters. The lowest BCUT2D eigenvalue weighted by molar-refractivity contribution is 0.211. The molecule has 1 heterocycles. The summed E-state index contributed by atoms with van der Waals surface area (Å²) in [6.07, 6.45) is 1.04. The van der Waals surface area contributed by atoms with E-state index in [1.807, 2.05) is 6.92 Å². The van der Waals surface area contributed by atoms with E-state index < -0.39 is 0 Å². The topological polar surface area (TPSA) is 16.1 Å². The number of thiazole rings is 1. The van der Waals surface area contributed by atoms with Gasteiger partial charge < -0.3 is 0 Å².